The van der Waals surface area contributed by atoms with E-state index in [0.29, 0.717) is 41.3 Å². The Bertz CT molecular complexity index is 1210. The highest BCUT2D eigenvalue weighted by Gasteiger charge is 2.38. The first-order valence-corrected chi connectivity index (χ1v) is 10.6. The zero-order valence-corrected chi connectivity index (χ0v) is 17.9. The fourth-order valence-electron chi connectivity index (χ4n) is 3.95. The number of halogens is 3. The van der Waals surface area contributed by atoms with Gasteiger partial charge in [0.1, 0.15) is 17.0 Å². The highest BCUT2D eigenvalue weighted by molar-refractivity contribution is 6.14. The Balaban J connectivity index is 1.48. The predicted octanol–water partition coefficient (Wildman–Crippen LogP) is 3.15. The van der Waals surface area contributed by atoms with E-state index in [-0.39, 0.29) is 29.9 Å². The standard InChI is InChI=1S/C21H21F3N8O/c1-10-3-4-12(7-25-10)29-20-27-8-14(21(22,23)24)18(31-20)17-13-5-6-15(30-16(13)9-26-17)19-28-11(2)33-32-19/h5-6,8,10,12,25H,3-4,7,9H2,1-2H3,(H,27,29,31)/t10-,12-/m0/s1. The van der Waals surface area contributed by atoms with Crippen molar-refractivity contribution in [3.05, 3.63) is 46.7 Å². The summed E-state index contributed by atoms with van der Waals surface area (Å²) in [6.45, 7) is 4.57. The van der Waals surface area contributed by atoms with Crippen LogP contribution in [0, 0.1) is 6.92 Å². The Labute approximate surface area is 187 Å². The number of rotatable bonds is 4. The van der Waals surface area contributed by atoms with E-state index in [9.17, 15) is 13.2 Å². The largest absolute Gasteiger partial charge is 0.420 e. The summed E-state index contributed by atoms with van der Waals surface area (Å²) in [6, 6.07) is 3.74. The summed E-state index contributed by atoms with van der Waals surface area (Å²) in [4.78, 5) is 21.1. The quantitative estimate of drug-likeness (QED) is 0.613. The van der Waals surface area contributed by atoms with Crippen molar-refractivity contribution in [3.63, 3.8) is 0 Å². The molecule has 0 aliphatic carbocycles. The highest BCUT2D eigenvalue weighted by Crippen LogP contribution is 2.34. The van der Waals surface area contributed by atoms with Crippen LogP contribution in [-0.4, -0.2) is 49.4 Å². The van der Waals surface area contributed by atoms with Crippen molar-refractivity contribution < 1.29 is 17.7 Å². The van der Waals surface area contributed by atoms with Crippen molar-refractivity contribution in [1.29, 1.82) is 0 Å². The Morgan fingerprint density at radius 1 is 1.15 bits per heavy atom. The maximum Gasteiger partial charge on any atom is 0.420 e. The van der Waals surface area contributed by atoms with Crippen LogP contribution in [-0.2, 0) is 12.7 Å². The van der Waals surface area contributed by atoms with Crippen LogP contribution in [0.25, 0.3) is 11.5 Å². The highest BCUT2D eigenvalue weighted by atomic mass is 19.4. The lowest BCUT2D eigenvalue weighted by atomic mass is 10.0. The number of hydrogen-bond donors (Lipinski definition) is 2. The van der Waals surface area contributed by atoms with Crippen LogP contribution in [0.15, 0.2) is 27.8 Å². The van der Waals surface area contributed by atoms with Gasteiger partial charge in [0.05, 0.1) is 18.0 Å². The van der Waals surface area contributed by atoms with E-state index in [2.05, 4.69) is 47.6 Å². The molecule has 2 aliphatic rings. The average molecular weight is 458 g/mol. The molecule has 172 valence electrons. The molecule has 3 aromatic heterocycles. The molecule has 0 bridgehead atoms. The zero-order chi connectivity index (χ0) is 23.2. The summed E-state index contributed by atoms with van der Waals surface area (Å²) in [6.07, 6.45) is -1.98. The molecular weight excluding hydrogens is 437 g/mol. The molecule has 0 amide bonds. The number of pyridine rings is 1. The second-order valence-electron chi connectivity index (χ2n) is 8.17. The number of alkyl halides is 3. The van der Waals surface area contributed by atoms with Gasteiger partial charge in [-0.2, -0.15) is 18.2 Å². The molecule has 2 atom stereocenters. The molecule has 0 unspecified atom stereocenters. The van der Waals surface area contributed by atoms with E-state index >= 15 is 0 Å². The maximum atomic E-state index is 13.8. The number of aromatic nitrogens is 5. The van der Waals surface area contributed by atoms with Crippen molar-refractivity contribution in [2.24, 2.45) is 4.99 Å². The first-order chi connectivity index (χ1) is 15.8. The number of nitrogens with zero attached hydrogens (tertiary/aromatic N) is 6. The molecule has 5 heterocycles. The minimum absolute atomic E-state index is 0.0335. The van der Waals surface area contributed by atoms with Gasteiger partial charge in [-0.1, -0.05) is 5.16 Å². The normalized spacial score (nSPS) is 20.5. The fraction of sp³-hybridized carbons (Fsp3) is 0.429. The van der Waals surface area contributed by atoms with Gasteiger partial charge in [0.15, 0.2) is 0 Å². The van der Waals surface area contributed by atoms with Crippen LogP contribution in [0.5, 0.6) is 0 Å². The van der Waals surface area contributed by atoms with Gasteiger partial charge in [-0.3, -0.25) is 4.99 Å². The number of fused-ring (bicyclic) bond motifs is 1. The summed E-state index contributed by atoms with van der Waals surface area (Å²) < 4.78 is 46.4. The third kappa shape index (κ3) is 4.30. The van der Waals surface area contributed by atoms with Crippen LogP contribution in [0.3, 0.4) is 0 Å². The predicted molar refractivity (Wildman–Crippen MR) is 113 cm³/mol. The van der Waals surface area contributed by atoms with Gasteiger partial charge >= 0.3 is 6.18 Å². The molecule has 5 rings (SSSR count). The summed E-state index contributed by atoms with van der Waals surface area (Å²) in [5.74, 6) is 0.841. The van der Waals surface area contributed by atoms with Crippen LogP contribution in [0.1, 0.15) is 48.2 Å². The third-order valence-corrected chi connectivity index (χ3v) is 5.69. The minimum atomic E-state index is -4.63. The van der Waals surface area contributed by atoms with E-state index in [1.54, 1.807) is 19.1 Å². The third-order valence-electron chi connectivity index (χ3n) is 5.69. The number of nitrogens with one attached hydrogen (secondary N) is 2. The first-order valence-electron chi connectivity index (χ1n) is 10.6. The van der Waals surface area contributed by atoms with Gasteiger partial charge in [0, 0.05) is 37.3 Å². The topological polar surface area (TPSA) is 114 Å². The lowest BCUT2D eigenvalue weighted by Gasteiger charge is -2.28. The van der Waals surface area contributed by atoms with E-state index in [0.717, 1.165) is 19.0 Å². The van der Waals surface area contributed by atoms with Crippen LogP contribution < -0.4 is 10.6 Å². The first kappa shape index (κ1) is 21.4. The van der Waals surface area contributed by atoms with Crippen LogP contribution in [0.4, 0.5) is 19.1 Å². The van der Waals surface area contributed by atoms with Crippen molar-refractivity contribution in [2.45, 2.75) is 51.5 Å². The molecule has 1 fully saturated rings. The van der Waals surface area contributed by atoms with Gasteiger partial charge in [0.25, 0.3) is 0 Å². The van der Waals surface area contributed by atoms with Crippen molar-refractivity contribution in [1.82, 2.24) is 30.4 Å². The molecule has 0 aromatic carbocycles. The van der Waals surface area contributed by atoms with E-state index < -0.39 is 11.7 Å². The SMILES string of the molecule is Cc1nc(-c2ccc3c(n2)CN=C3c2nc(N[C@H]3CC[C@H](C)NC3)ncc2C(F)(F)F)no1. The maximum absolute atomic E-state index is 13.8. The van der Waals surface area contributed by atoms with Gasteiger partial charge in [-0.05, 0) is 31.9 Å². The molecule has 0 spiro atoms. The van der Waals surface area contributed by atoms with Gasteiger partial charge in [-0.25, -0.2) is 15.0 Å². The van der Waals surface area contributed by atoms with Crippen LogP contribution in [0.2, 0.25) is 0 Å². The summed E-state index contributed by atoms with van der Waals surface area (Å²) in [5.41, 5.74) is 0.413. The van der Waals surface area contributed by atoms with Crippen molar-refractivity contribution >= 4 is 11.7 Å². The molecule has 1 saturated heterocycles. The number of aliphatic imine (C=N–C) groups is 1. The lowest BCUT2D eigenvalue weighted by molar-refractivity contribution is -0.138. The molecule has 2 N–H and O–H groups in total. The van der Waals surface area contributed by atoms with Crippen molar-refractivity contribution in [3.8, 4) is 11.5 Å². The second-order valence-corrected chi connectivity index (χ2v) is 8.17. The van der Waals surface area contributed by atoms with Gasteiger partial charge < -0.3 is 15.2 Å². The fourth-order valence-corrected chi connectivity index (χ4v) is 3.95. The van der Waals surface area contributed by atoms with Gasteiger partial charge in [-0.15, -0.1) is 0 Å². The number of aryl methyl sites for hydroxylation is 1. The Morgan fingerprint density at radius 2 is 2.00 bits per heavy atom. The van der Waals surface area contributed by atoms with Gasteiger partial charge in [0.2, 0.25) is 17.7 Å². The number of hydrogen-bond acceptors (Lipinski definition) is 9. The Kier molecular flexibility index (Phi) is 5.31. The Morgan fingerprint density at radius 3 is 2.70 bits per heavy atom. The summed E-state index contributed by atoms with van der Waals surface area (Å²) >= 11 is 0. The zero-order valence-electron chi connectivity index (χ0n) is 17.9. The molecule has 9 nitrogen and oxygen atoms in total. The molecule has 2 aliphatic heterocycles. The van der Waals surface area contributed by atoms with Crippen LogP contribution >= 0.6 is 0 Å². The van der Waals surface area contributed by atoms with E-state index in [1.165, 1.54) is 0 Å². The number of piperidine rings is 1. The molecule has 12 heteroatoms. The monoisotopic (exact) mass is 458 g/mol. The molecule has 33 heavy (non-hydrogen) atoms. The van der Waals surface area contributed by atoms with E-state index in [4.69, 9.17) is 4.52 Å². The minimum Gasteiger partial charge on any atom is -0.350 e. The molecular formula is C21H21F3N8O. The molecule has 0 radical (unpaired) electrons. The molecule has 0 saturated carbocycles. The van der Waals surface area contributed by atoms with Crippen molar-refractivity contribution in [2.75, 3.05) is 11.9 Å². The summed E-state index contributed by atoms with van der Waals surface area (Å²) in [7, 11) is 0. The molecule has 3 aromatic rings. The van der Waals surface area contributed by atoms with E-state index in [1.807, 2.05) is 0 Å². The second kappa shape index (κ2) is 8.18. The smallest absolute Gasteiger partial charge is 0.350 e. The Hall–Kier alpha value is -3.41. The lowest BCUT2D eigenvalue weighted by Crippen LogP contribution is -2.43. The number of anilines is 1. The average Bonchev–Trinajstić information content (AvgIpc) is 3.40. The summed E-state index contributed by atoms with van der Waals surface area (Å²) in [5, 5.41) is 10.3.